The maximum Gasteiger partial charge on any atom is 0.191 e. The summed E-state index contributed by atoms with van der Waals surface area (Å²) in [6, 6.07) is 4.30. The van der Waals surface area contributed by atoms with E-state index in [9.17, 15) is 8.42 Å². The van der Waals surface area contributed by atoms with Gasteiger partial charge in [0.1, 0.15) is 0 Å². The summed E-state index contributed by atoms with van der Waals surface area (Å²) >= 11 is 1.82. The highest BCUT2D eigenvalue weighted by Crippen LogP contribution is 2.20. The van der Waals surface area contributed by atoms with Gasteiger partial charge in [-0.3, -0.25) is 9.89 Å². The molecule has 2 aliphatic rings. The Hall–Kier alpha value is -1.12. The van der Waals surface area contributed by atoms with Gasteiger partial charge < -0.3 is 10.6 Å². The average molecular weight is 399 g/mol. The highest BCUT2D eigenvalue weighted by atomic mass is 32.2. The van der Waals surface area contributed by atoms with Gasteiger partial charge in [-0.1, -0.05) is 6.07 Å². The zero-order chi connectivity index (χ0) is 18.4. The lowest BCUT2D eigenvalue weighted by molar-refractivity contribution is 0.172. The summed E-state index contributed by atoms with van der Waals surface area (Å²) in [7, 11) is -2.87. The van der Waals surface area contributed by atoms with Gasteiger partial charge in [0.2, 0.25) is 0 Å². The molecular weight excluding hydrogens is 368 g/mol. The third-order valence-corrected chi connectivity index (χ3v) is 7.62. The molecule has 3 heterocycles. The summed E-state index contributed by atoms with van der Waals surface area (Å²) in [6.45, 7) is 6.88. The van der Waals surface area contributed by atoms with Crippen LogP contribution in [0, 0.1) is 5.92 Å². The number of aliphatic imine (C=N–C) groups is 1. The van der Waals surface area contributed by atoms with E-state index in [0.717, 1.165) is 38.7 Å². The molecule has 2 unspecified atom stereocenters. The third kappa shape index (κ3) is 5.96. The van der Waals surface area contributed by atoms with Crippen LogP contribution in [0.1, 0.15) is 31.1 Å². The van der Waals surface area contributed by atoms with Crippen molar-refractivity contribution in [2.45, 2.75) is 38.8 Å². The number of guanidine groups is 1. The van der Waals surface area contributed by atoms with E-state index in [-0.39, 0.29) is 17.5 Å². The molecule has 3 rings (SSSR count). The molecule has 0 saturated carbocycles. The summed E-state index contributed by atoms with van der Waals surface area (Å²) in [4.78, 5) is 8.71. The van der Waals surface area contributed by atoms with E-state index in [2.05, 4.69) is 33.0 Å². The zero-order valence-corrected chi connectivity index (χ0v) is 17.1. The molecular formula is C18H30N4O2S2. The van der Waals surface area contributed by atoms with E-state index in [4.69, 9.17) is 4.99 Å². The second-order valence-electron chi connectivity index (χ2n) is 7.29. The quantitative estimate of drug-likeness (QED) is 0.564. The van der Waals surface area contributed by atoms with Crippen LogP contribution in [0.25, 0.3) is 0 Å². The van der Waals surface area contributed by atoms with Gasteiger partial charge >= 0.3 is 0 Å². The molecule has 0 aliphatic carbocycles. The molecule has 0 radical (unpaired) electrons. The van der Waals surface area contributed by atoms with Crippen molar-refractivity contribution >= 4 is 27.1 Å². The summed E-state index contributed by atoms with van der Waals surface area (Å²) < 4.78 is 23.3. The van der Waals surface area contributed by atoms with Crippen molar-refractivity contribution < 1.29 is 8.42 Å². The monoisotopic (exact) mass is 398 g/mol. The van der Waals surface area contributed by atoms with Gasteiger partial charge in [-0.05, 0) is 50.1 Å². The Balaban J connectivity index is 1.51. The van der Waals surface area contributed by atoms with Crippen molar-refractivity contribution in [1.82, 2.24) is 15.5 Å². The number of likely N-dealkylation sites (tertiary alicyclic amines) is 1. The van der Waals surface area contributed by atoms with Gasteiger partial charge in [-0.25, -0.2) is 8.42 Å². The number of sulfone groups is 1. The number of hydrogen-bond donors (Lipinski definition) is 2. The standard InChI is InChI=1S/C18H30N4O2S2/c1-2-19-18(21-16-7-10-26(23,24)14-16)20-11-15-5-3-8-22(12-15)13-17-6-4-9-25-17/h4,6,9,15-16H,2-3,5,7-8,10-14H2,1H3,(H2,19,20,21). The van der Waals surface area contributed by atoms with Gasteiger partial charge in [-0.2, -0.15) is 0 Å². The van der Waals surface area contributed by atoms with Crippen LogP contribution in [0.15, 0.2) is 22.5 Å². The van der Waals surface area contributed by atoms with E-state index in [0.29, 0.717) is 12.3 Å². The SMILES string of the molecule is CCNC(=NCC1CCCN(Cc2cccs2)C1)NC1CCS(=O)(=O)C1. The Morgan fingerprint density at radius 1 is 1.42 bits per heavy atom. The summed E-state index contributed by atoms with van der Waals surface area (Å²) in [6.07, 6.45) is 3.10. The van der Waals surface area contributed by atoms with Crippen LogP contribution >= 0.6 is 11.3 Å². The average Bonchev–Trinajstić information content (AvgIpc) is 3.22. The fourth-order valence-electron chi connectivity index (χ4n) is 3.71. The molecule has 1 aromatic heterocycles. The van der Waals surface area contributed by atoms with E-state index in [1.807, 2.05) is 18.3 Å². The van der Waals surface area contributed by atoms with Crippen molar-refractivity contribution in [3.63, 3.8) is 0 Å². The van der Waals surface area contributed by atoms with E-state index >= 15 is 0 Å². The van der Waals surface area contributed by atoms with Crippen molar-refractivity contribution in [1.29, 1.82) is 0 Å². The first-order valence-corrected chi connectivity index (χ1v) is 12.2. The fraction of sp³-hybridized carbons (Fsp3) is 0.722. The maximum absolute atomic E-state index is 11.6. The molecule has 0 amide bonds. The van der Waals surface area contributed by atoms with Crippen molar-refractivity contribution in [3.8, 4) is 0 Å². The van der Waals surface area contributed by atoms with Gasteiger partial charge in [0.05, 0.1) is 11.5 Å². The smallest absolute Gasteiger partial charge is 0.191 e. The van der Waals surface area contributed by atoms with Crippen molar-refractivity contribution in [2.75, 3.05) is 37.7 Å². The zero-order valence-electron chi connectivity index (χ0n) is 15.5. The van der Waals surface area contributed by atoms with E-state index in [1.54, 1.807) is 0 Å². The number of piperidine rings is 1. The third-order valence-electron chi connectivity index (χ3n) is 4.99. The topological polar surface area (TPSA) is 73.8 Å². The molecule has 2 saturated heterocycles. The van der Waals surface area contributed by atoms with Gasteiger partial charge in [0.15, 0.2) is 15.8 Å². The van der Waals surface area contributed by atoms with Crippen LogP contribution in [0.5, 0.6) is 0 Å². The Kier molecular flexibility index (Phi) is 6.94. The Morgan fingerprint density at radius 2 is 2.31 bits per heavy atom. The van der Waals surface area contributed by atoms with Crippen LogP contribution in [-0.2, 0) is 16.4 Å². The van der Waals surface area contributed by atoms with Crippen LogP contribution in [0.4, 0.5) is 0 Å². The number of thiophene rings is 1. The summed E-state index contributed by atoms with van der Waals surface area (Å²) in [5.41, 5.74) is 0. The number of nitrogens with zero attached hydrogens (tertiary/aromatic N) is 2. The normalized spacial score (nSPS) is 26.7. The minimum atomic E-state index is -2.87. The van der Waals surface area contributed by atoms with E-state index < -0.39 is 9.84 Å². The van der Waals surface area contributed by atoms with E-state index in [1.165, 1.54) is 17.7 Å². The lowest BCUT2D eigenvalue weighted by atomic mass is 9.98. The molecule has 26 heavy (non-hydrogen) atoms. The molecule has 146 valence electrons. The predicted octanol–water partition coefficient (Wildman–Crippen LogP) is 1.70. The highest BCUT2D eigenvalue weighted by Gasteiger charge is 2.28. The number of nitrogens with one attached hydrogen (secondary N) is 2. The largest absolute Gasteiger partial charge is 0.357 e. The lowest BCUT2D eigenvalue weighted by Gasteiger charge is -2.31. The lowest BCUT2D eigenvalue weighted by Crippen LogP contribution is -2.44. The summed E-state index contributed by atoms with van der Waals surface area (Å²) in [5, 5.41) is 8.70. The fourth-order valence-corrected chi connectivity index (χ4v) is 6.13. The molecule has 1 aromatic rings. The first-order chi connectivity index (χ1) is 12.5. The molecule has 2 fully saturated rings. The van der Waals surface area contributed by atoms with Gasteiger partial charge in [0, 0.05) is 37.1 Å². The summed E-state index contributed by atoms with van der Waals surface area (Å²) in [5.74, 6) is 1.82. The molecule has 0 bridgehead atoms. The highest BCUT2D eigenvalue weighted by molar-refractivity contribution is 7.91. The Bertz CT molecular complexity index is 688. The van der Waals surface area contributed by atoms with Crippen LogP contribution < -0.4 is 10.6 Å². The second kappa shape index (κ2) is 9.19. The first-order valence-electron chi connectivity index (χ1n) is 9.54. The minimum absolute atomic E-state index is 0.0144. The Labute approximate surface area is 161 Å². The van der Waals surface area contributed by atoms with Crippen molar-refractivity contribution in [3.05, 3.63) is 22.4 Å². The molecule has 0 spiro atoms. The molecule has 2 atom stereocenters. The number of hydrogen-bond acceptors (Lipinski definition) is 5. The predicted molar refractivity (Wildman–Crippen MR) is 108 cm³/mol. The van der Waals surface area contributed by atoms with Crippen molar-refractivity contribution in [2.24, 2.45) is 10.9 Å². The molecule has 2 aliphatic heterocycles. The molecule has 8 heteroatoms. The van der Waals surface area contributed by atoms with Crippen LogP contribution in [0.2, 0.25) is 0 Å². The molecule has 6 nitrogen and oxygen atoms in total. The van der Waals surface area contributed by atoms with Crippen LogP contribution in [0.3, 0.4) is 0 Å². The van der Waals surface area contributed by atoms with Crippen LogP contribution in [-0.4, -0.2) is 63.0 Å². The minimum Gasteiger partial charge on any atom is -0.357 e. The molecule has 0 aromatic carbocycles. The maximum atomic E-state index is 11.6. The van der Waals surface area contributed by atoms with Gasteiger partial charge in [-0.15, -0.1) is 11.3 Å². The Morgan fingerprint density at radius 3 is 3.00 bits per heavy atom. The van der Waals surface area contributed by atoms with Gasteiger partial charge in [0.25, 0.3) is 0 Å². The number of rotatable bonds is 6. The first kappa shape index (κ1) is 19.6. The molecule has 2 N–H and O–H groups in total. The second-order valence-corrected chi connectivity index (χ2v) is 10.5.